The molecule has 35 heavy (non-hydrogen) atoms. The summed E-state index contributed by atoms with van der Waals surface area (Å²) in [5.74, 6) is -0.750. The molecule has 7 heteroatoms. The third-order valence-corrected chi connectivity index (χ3v) is 6.95. The van der Waals surface area contributed by atoms with E-state index in [2.05, 4.69) is 16.4 Å². The van der Waals surface area contributed by atoms with Crippen molar-refractivity contribution in [3.8, 4) is 6.07 Å². The molecule has 0 atom stereocenters. The van der Waals surface area contributed by atoms with E-state index in [0.717, 1.165) is 40.7 Å². The van der Waals surface area contributed by atoms with E-state index in [-0.39, 0.29) is 23.4 Å². The molecule has 2 aliphatic rings. The molecule has 2 amide bonds. The number of pyridine rings is 1. The number of nitrogens with one attached hydrogen (secondary N) is 1. The highest BCUT2D eigenvalue weighted by atomic mass is 19.1. The molecule has 2 heterocycles. The number of amides is 2. The first-order valence-corrected chi connectivity index (χ1v) is 11.8. The van der Waals surface area contributed by atoms with Gasteiger partial charge in [-0.2, -0.15) is 5.26 Å². The Morgan fingerprint density at radius 1 is 1.23 bits per heavy atom. The lowest BCUT2D eigenvalue weighted by Gasteiger charge is -2.30. The molecular formula is C28H25FN4O2. The van der Waals surface area contributed by atoms with Crippen molar-refractivity contribution in [1.82, 2.24) is 10.3 Å². The Balaban J connectivity index is 1.45. The topological polar surface area (TPSA) is 86.1 Å². The minimum absolute atomic E-state index is 0.0495. The summed E-state index contributed by atoms with van der Waals surface area (Å²) in [5.41, 5.74) is 5.76. The molecule has 1 fully saturated rings. The number of fused-ring (bicyclic) bond motifs is 1. The van der Waals surface area contributed by atoms with Crippen LogP contribution in [0.15, 0.2) is 42.6 Å². The first kappa shape index (κ1) is 22.7. The predicted octanol–water partition coefficient (Wildman–Crippen LogP) is 4.40. The van der Waals surface area contributed by atoms with Crippen LogP contribution in [0.25, 0.3) is 0 Å². The number of carbonyl (C=O) groups is 2. The fraction of sp³-hybridized carbons (Fsp3) is 0.286. The van der Waals surface area contributed by atoms with Crippen LogP contribution in [-0.2, 0) is 12.8 Å². The zero-order valence-corrected chi connectivity index (χ0v) is 19.7. The van der Waals surface area contributed by atoms with Gasteiger partial charge in [0.2, 0.25) is 0 Å². The van der Waals surface area contributed by atoms with Crippen LogP contribution >= 0.6 is 0 Å². The van der Waals surface area contributed by atoms with Crippen molar-refractivity contribution in [1.29, 1.82) is 5.26 Å². The average Bonchev–Trinajstić information content (AvgIpc) is 3.67. The molecule has 0 bridgehead atoms. The van der Waals surface area contributed by atoms with Crippen molar-refractivity contribution >= 4 is 17.6 Å². The lowest BCUT2D eigenvalue weighted by Crippen LogP contribution is -2.39. The van der Waals surface area contributed by atoms with Crippen LogP contribution in [-0.4, -0.2) is 29.4 Å². The second-order valence-electron chi connectivity index (χ2n) is 9.24. The van der Waals surface area contributed by atoms with Gasteiger partial charge in [0.1, 0.15) is 11.9 Å². The Kier molecular flexibility index (Phi) is 5.81. The average molecular weight is 469 g/mol. The van der Waals surface area contributed by atoms with Crippen LogP contribution < -0.4 is 10.2 Å². The molecule has 1 aromatic heterocycles. The van der Waals surface area contributed by atoms with Crippen molar-refractivity contribution in [3.63, 3.8) is 0 Å². The molecular weight excluding hydrogens is 443 g/mol. The smallest absolute Gasteiger partial charge is 0.259 e. The third kappa shape index (κ3) is 4.28. The molecule has 1 aliphatic heterocycles. The van der Waals surface area contributed by atoms with E-state index in [9.17, 15) is 19.2 Å². The number of nitriles is 1. The molecule has 1 aliphatic carbocycles. The number of hydrogen-bond donors (Lipinski definition) is 1. The van der Waals surface area contributed by atoms with Gasteiger partial charge in [-0.25, -0.2) is 9.37 Å². The van der Waals surface area contributed by atoms with E-state index in [1.54, 1.807) is 29.3 Å². The summed E-state index contributed by atoms with van der Waals surface area (Å²) in [6.45, 7) is 4.48. The van der Waals surface area contributed by atoms with E-state index >= 15 is 0 Å². The Hall–Kier alpha value is -4.05. The van der Waals surface area contributed by atoms with Gasteiger partial charge in [-0.05, 0) is 97.7 Å². The molecule has 0 spiro atoms. The molecule has 0 unspecified atom stereocenters. The van der Waals surface area contributed by atoms with Gasteiger partial charge >= 0.3 is 0 Å². The van der Waals surface area contributed by atoms with Crippen LogP contribution in [0.2, 0.25) is 0 Å². The maximum absolute atomic E-state index is 14.7. The first-order chi connectivity index (χ1) is 16.9. The van der Waals surface area contributed by atoms with E-state index in [1.807, 2.05) is 19.9 Å². The van der Waals surface area contributed by atoms with E-state index in [4.69, 9.17) is 0 Å². The van der Waals surface area contributed by atoms with Gasteiger partial charge in [0.25, 0.3) is 11.8 Å². The standard InChI is InChI=1S/C28H25FN4O2/c1-16-17(2)22-9-11-33(26-19(15-30)4-3-10-31-26)28(35)24(22)14-20(16)12-18-5-8-23(25(29)13-18)27(34)32-21-6-7-21/h3-5,8,10,13-14,21H,6-7,9,11-12H2,1-2H3,(H,32,34). The summed E-state index contributed by atoms with van der Waals surface area (Å²) in [6, 6.07) is 12.2. The fourth-order valence-electron chi connectivity index (χ4n) is 4.67. The number of hydrogen-bond acceptors (Lipinski definition) is 4. The van der Waals surface area contributed by atoms with Gasteiger partial charge in [-0.15, -0.1) is 0 Å². The van der Waals surface area contributed by atoms with Crippen LogP contribution in [0.1, 0.15) is 66.9 Å². The lowest BCUT2D eigenvalue weighted by molar-refractivity contribution is 0.0945. The number of rotatable bonds is 5. The van der Waals surface area contributed by atoms with Gasteiger partial charge in [0.05, 0.1) is 11.1 Å². The van der Waals surface area contributed by atoms with Crippen molar-refractivity contribution in [2.45, 2.75) is 45.6 Å². The highest BCUT2D eigenvalue weighted by Crippen LogP contribution is 2.31. The summed E-state index contributed by atoms with van der Waals surface area (Å²) in [6.07, 6.45) is 4.55. The monoisotopic (exact) mass is 468 g/mol. The number of nitrogens with zero attached hydrogens (tertiary/aromatic N) is 3. The number of halogens is 1. The van der Waals surface area contributed by atoms with Crippen LogP contribution in [0.5, 0.6) is 0 Å². The van der Waals surface area contributed by atoms with Gasteiger partial charge < -0.3 is 5.32 Å². The SMILES string of the molecule is Cc1c(Cc2ccc(C(=O)NC3CC3)c(F)c2)cc2c(c1C)CCN(c1ncccc1C#N)C2=O. The predicted molar refractivity (Wildman–Crippen MR) is 130 cm³/mol. The molecule has 176 valence electrons. The number of benzene rings is 2. The zero-order valence-electron chi connectivity index (χ0n) is 19.7. The summed E-state index contributed by atoms with van der Waals surface area (Å²) >= 11 is 0. The van der Waals surface area contributed by atoms with Crippen molar-refractivity contribution < 1.29 is 14.0 Å². The van der Waals surface area contributed by atoms with Gasteiger partial charge in [-0.1, -0.05) is 6.07 Å². The molecule has 1 N–H and O–H groups in total. The molecule has 6 nitrogen and oxygen atoms in total. The van der Waals surface area contributed by atoms with Crippen LogP contribution in [0, 0.1) is 31.0 Å². The Labute approximate surface area is 203 Å². The molecule has 2 aromatic carbocycles. The minimum Gasteiger partial charge on any atom is -0.349 e. The summed E-state index contributed by atoms with van der Waals surface area (Å²) in [7, 11) is 0. The Morgan fingerprint density at radius 2 is 2.03 bits per heavy atom. The maximum Gasteiger partial charge on any atom is 0.259 e. The number of carbonyl (C=O) groups excluding carboxylic acids is 2. The Bertz CT molecular complexity index is 1400. The number of aromatic nitrogens is 1. The highest BCUT2D eigenvalue weighted by molar-refractivity contribution is 6.08. The van der Waals surface area contributed by atoms with Crippen molar-refractivity contribution in [3.05, 3.63) is 92.9 Å². The fourth-order valence-corrected chi connectivity index (χ4v) is 4.67. The second-order valence-corrected chi connectivity index (χ2v) is 9.24. The Morgan fingerprint density at radius 3 is 2.74 bits per heavy atom. The maximum atomic E-state index is 14.7. The lowest BCUT2D eigenvalue weighted by atomic mass is 9.86. The quantitative estimate of drug-likeness (QED) is 0.602. The first-order valence-electron chi connectivity index (χ1n) is 11.8. The third-order valence-electron chi connectivity index (χ3n) is 6.95. The zero-order chi connectivity index (χ0) is 24.7. The van der Waals surface area contributed by atoms with Gasteiger partial charge in [0.15, 0.2) is 5.82 Å². The molecule has 5 rings (SSSR count). The van der Waals surface area contributed by atoms with Crippen LogP contribution in [0.3, 0.4) is 0 Å². The van der Waals surface area contributed by atoms with Crippen molar-refractivity contribution in [2.75, 3.05) is 11.4 Å². The van der Waals surface area contributed by atoms with Gasteiger partial charge in [-0.3, -0.25) is 14.5 Å². The molecule has 1 saturated carbocycles. The molecule has 3 aromatic rings. The van der Waals surface area contributed by atoms with Crippen LogP contribution in [0.4, 0.5) is 10.2 Å². The van der Waals surface area contributed by atoms with E-state index in [0.29, 0.717) is 36.3 Å². The minimum atomic E-state index is -0.547. The second kappa shape index (κ2) is 8.95. The summed E-state index contributed by atoms with van der Waals surface area (Å²) in [4.78, 5) is 31.6. The number of anilines is 1. The van der Waals surface area contributed by atoms with Gasteiger partial charge in [0, 0.05) is 24.3 Å². The summed E-state index contributed by atoms with van der Waals surface area (Å²) in [5, 5.41) is 12.3. The van der Waals surface area contributed by atoms with Crippen molar-refractivity contribution in [2.24, 2.45) is 0 Å². The van der Waals surface area contributed by atoms with E-state index < -0.39 is 5.82 Å². The molecule has 0 radical (unpaired) electrons. The summed E-state index contributed by atoms with van der Waals surface area (Å²) < 4.78 is 14.7. The largest absolute Gasteiger partial charge is 0.349 e. The highest BCUT2D eigenvalue weighted by Gasteiger charge is 2.30. The molecule has 0 saturated heterocycles. The van der Waals surface area contributed by atoms with E-state index in [1.165, 1.54) is 12.1 Å². The normalized spacial score (nSPS) is 14.9.